The molecule has 0 bridgehead atoms. The molecule has 2 atom stereocenters. The van der Waals surface area contributed by atoms with E-state index < -0.39 is 0 Å². The van der Waals surface area contributed by atoms with E-state index in [0.717, 1.165) is 0 Å². The number of nitrogens with zero attached hydrogens (tertiary/aromatic N) is 1. The minimum atomic E-state index is 0.486. The summed E-state index contributed by atoms with van der Waals surface area (Å²) in [5, 5.41) is 3.16. The lowest BCUT2D eigenvalue weighted by molar-refractivity contribution is 0.541. The lowest BCUT2D eigenvalue weighted by Gasteiger charge is -2.10. The number of hydrogen-bond donors (Lipinski definition) is 1. The van der Waals surface area contributed by atoms with Crippen molar-refractivity contribution in [2.75, 3.05) is 0 Å². The SMILES string of the molecule is CCC1NC=NC1C. The van der Waals surface area contributed by atoms with Crippen LogP contribution in [0.3, 0.4) is 0 Å². The standard InChI is InChI=1S/C6H12N2/c1-3-6-5(2)7-4-8-6/h4-6H,3H2,1-2H3,(H,7,8). The van der Waals surface area contributed by atoms with Gasteiger partial charge in [0.2, 0.25) is 0 Å². The Kier molecular flexibility index (Phi) is 1.51. The third-order valence-electron chi connectivity index (χ3n) is 1.62. The van der Waals surface area contributed by atoms with Crippen molar-refractivity contribution in [2.45, 2.75) is 32.4 Å². The highest BCUT2D eigenvalue weighted by molar-refractivity contribution is 5.58. The molecule has 1 heterocycles. The number of rotatable bonds is 1. The fourth-order valence-corrected chi connectivity index (χ4v) is 0.958. The molecular weight excluding hydrogens is 100 g/mol. The van der Waals surface area contributed by atoms with Crippen LogP contribution in [-0.2, 0) is 0 Å². The van der Waals surface area contributed by atoms with Crippen molar-refractivity contribution >= 4 is 6.34 Å². The Hall–Kier alpha value is -0.530. The summed E-state index contributed by atoms with van der Waals surface area (Å²) in [4.78, 5) is 4.15. The Balaban J connectivity index is 2.38. The average molecular weight is 112 g/mol. The van der Waals surface area contributed by atoms with E-state index in [1.807, 2.05) is 0 Å². The Morgan fingerprint density at radius 2 is 2.50 bits per heavy atom. The van der Waals surface area contributed by atoms with Crippen LogP contribution in [0.1, 0.15) is 20.3 Å². The molecule has 0 amide bonds. The Morgan fingerprint density at radius 1 is 1.75 bits per heavy atom. The van der Waals surface area contributed by atoms with Crippen LogP contribution < -0.4 is 5.32 Å². The molecular formula is C6H12N2. The van der Waals surface area contributed by atoms with Gasteiger partial charge in [-0.1, -0.05) is 6.92 Å². The first kappa shape index (κ1) is 5.60. The second-order valence-corrected chi connectivity index (χ2v) is 2.20. The molecule has 2 unspecified atom stereocenters. The normalized spacial score (nSPS) is 35.2. The average Bonchev–Trinajstić information content (AvgIpc) is 2.14. The summed E-state index contributed by atoms with van der Waals surface area (Å²) in [6, 6.07) is 1.08. The molecule has 0 radical (unpaired) electrons. The zero-order valence-corrected chi connectivity index (χ0v) is 5.39. The zero-order valence-electron chi connectivity index (χ0n) is 5.39. The van der Waals surface area contributed by atoms with Gasteiger partial charge in [-0.15, -0.1) is 0 Å². The molecule has 2 heteroatoms. The highest BCUT2D eigenvalue weighted by Crippen LogP contribution is 2.04. The first-order chi connectivity index (χ1) is 3.84. The summed E-state index contributed by atoms with van der Waals surface area (Å²) in [6.07, 6.45) is 2.97. The molecule has 0 fully saturated rings. The molecule has 0 saturated carbocycles. The molecule has 8 heavy (non-hydrogen) atoms. The van der Waals surface area contributed by atoms with Gasteiger partial charge in [-0.25, -0.2) is 0 Å². The van der Waals surface area contributed by atoms with Crippen LogP contribution in [0.15, 0.2) is 4.99 Å². The van der Waals surface area contributed by atoms with Gasteiger partial charge in [0.1, 0.15) is 0 Å². The summed E-state index contributed by atoms with van der Waals surface area (Å²) in [5.74, 6) is 0. The lowest BCUT2D eigenvalue weighted by Crippen LogP contribution is -2.28. The molecule has 1 aliphatic heterocycles. The third-order valence-corrected chi connectivity index (χ3v) is 1.62. The van der Waals surface area contributed by atoms with E-state index in [9.17, 15) is 0 Å². The topological polar surface area (TPSA) is 24.4 Å². The van der Waals surface area contributed by atoms with Crippen LogP contribution in [-0.4, -0.2) is 18.4 Å². The molecule has 0 aromatic rings. The van der Waals surface area contributed by atoms with E-state index in [1.54, 1.807) is 6.34 Å². The predicted octanol–water partition coefficient (Wildman–Crippen LogP) is 0.785. The zero-order chi connectivity index (χ0) is 5.98. The molecule has 0 aromatic heterocycles. The number of hydrogen-bond acceptors (Lipinski definition) is 2. The molecule has 2 nitrogen and oxygen atoms in total. The van der Waals surface area contributed by atoms with E-state index in [2.05, 4.69) is 24.2 Å². The van der Waals surface area contributed by atoms with Gasteiger partial charge in [0.15, 0.2) is 0 Å². The van der Waals surface area contributed by atoms with Gasteiger partial charge >= 0.3 is 0 Å². The lowest BCUT2D eigenvalue weighted by atomic mass is 10.1. The summed E-state index contributed by atoms with van der Waals surface area (Å²) in [7, 11) is 0. The van der Waals surface area contributed by atoms with E-state index in [0.29, 0.717) is 12.1 Å². The van der Waals surface area contributed by atoms with Crippen LogP contribution in [0.2, 0.25) is 0 Å². The molecule has 1 aliphatic rings. The van der Waals surface area contributed by atoms with Crippen molar-refractivity contribution in [2.24, 2.45) is 4.99 Å². The van der Waals surface area contributed by atoms with Crippen molar-refractivity contribution in [1.29, 1.82) is 0 Å². The van der Waals surface area contributed by atoms with E-state index >= 15 is 0 Å². The Morgan fingerprint density at radius 3 is 2.75 bits per heavy atom. The largest absolute Gasteiger partial charge is 0.372 e. The van der Waals surface area contributed by atoms with Gasteiger partial charge in [-0.05, 0) is 13.3 Å². The van der Waals surface area contributed by atoms with Crippen LogP contribution in [0.4, 0.5) is 0 Å². The van der Waals surface area contributed by atoms with Crippen LogP contribution >= 0.6 is 0 Å². The summed E-state index contributed by atoms with van der Waals surface area (Å²) in [5.41, 5.74) is 0. The third kappa shape index (κ3) is 0.831. The van der Waals surface area contributed by atoms with Crippen LogP contribution in [0.5, 0.6) is 0 Å². The quantitative estimate of drug-likeness (QED) is 0.532. The maximum absolute atomic E-state index is 4.15. The van der Waals surface area contributed by atoms with Crippen LogP contribution in [0, 0.1) is 0 Å². The van der Waals surface area contributed by atoms with E-state index in [-0.39, 0.29) is 0 Å². The van der Waals surface area contributed by atoms with Gasteiger partial charge in [0.05, 0.1) is 12.4 Å². The minimum Gasteiger partial charge on any atom is -0.372 e. The van der Waals surface area contributed by atoms with Crippen LogP contribution in [0.25, 0.3) is 0 Å². The van der Waals surface area contributed by atoms with E-state index in [4.69, 9.17) is 0 Å². The van der Waals surface area contributed by atoms with Crippen molar-refractivity contribution in [3.05, 3.63) is 0 Å². The van der Waals surface area contributed by atoms with Gasteiger partial charge in [-0.3, -0.25) is 4.99 Å². The highest BCUT2D eigenvalue weighted by Gasteiger charge is 2.15. The summed E-state index contributed by atoms with van der Waals surface area (Å²) < 4.78 is 0. The minimum absolute atomic E-state index is 0.486. The Bertz CT molecular complexity index is 98.7. The van der Waals surface area contributed by atoms with Crippen molar-refractivity contribution in [1.82, 2.24) is 5.32 Å². The molecule has 0 saturated heterocycles. The molecule has 0 spiro atoms. The fourth-order valence-electron chi connectivity index (χ4n) is 0.958. The molecule has 0 aromatic carbocycles. The smallest absolute Gasteiger partial charge is 0.0830 e. The fraction of sp³-hybridized carbons (Fsp3) is 0.833. The van der Waals surface area contributed by atoms with Gasteiger partial charge in [0.25, 0.3) is 0 Å². The molecule has 1 N–H and O–H groups in total. The second kappa shape index (κ2) is 2.16. The maximum atomic E-state index is 4.15. The van der Waals surface area contributed by atoms with Gasteiger partial charge < -0.3 is 5.32 Å². The molecule has 46 valence electrons. The van der Waals surface area contributed by atoms with E-state index in [1.165, 1.54) is 6.42 Å². The predicted molar refractivity (Wildman–Crippen MR) is 35.2 cm³/mol. The maximum Gasteiger partial charge on any atom is 0.0830 e. The second-order valence-electron chi connectivity index (χ2n) is 2.20. The highest BCUT2D eigenvalue weighted by atomic mass is 15.1. The first-order valence-corrected chi connectivity index (χ1v) is 3.12. The monoisotopic (exact) mass is 112 g/mol. The Labute approximate surface area is 50.0 Å². The number of nitrogens with one attached hydrogen (secondary N) is 1. The van der Waals surface area contributed by atoms with Gasteiger partial charge in [0, 0.05) is 6.04 Å². The van der Waals surface area contributed by atoms with Crippen molar-refractivity contribution < 1.29 is 0 Å². The van der Waals surface area contributed by atoms with Crippen molar-refractivity contribution in [3.63, 3.8) is 0 Å². The molecule has 0 aliphatic carbocycles. The molecule has 1 rings (SSSR count). The van der Waals surface area contributed by atoms with Crippen molar-refractivity contribution in [3.8, 4) is 0 Å². The summed E-state index contributed by atoms with van der Waals surface area (Å²) in [6.45, 7) is 4.30. The van der Waals surface area contributed by atoms with Gasteiger partial charge in [-0.2, -0.15) is 0 Å². The number of aliphatic imine (C=N–C) groups is 1. The first-order valence-electron chi connectivity index (χ1n) is 3.12. The summed E-state index contributed by atoms with van der Waals surface area (Å²) >= 11 is 0.